The van der Waals surface area contributed by atoms with Crippen LogP contribution in [0.2, 0.25) is 0 Å². The summed E-state index contributed by atoms with van der Waals surface area (Å²) in [4.78, 5) is 11.9. The standard InChI is InChI=1S/C16H24N2O2/c17-15-7-3-4-12(8-15)9-16(20)18-10-13-5-1-2-6-14(13)11-19/h3-4,7-8,13-14,19H,1-2,5-6,9-11,17H2,(H,18,20). The van der Waals surface area contributed by atoms with Crippen LogP contribution in [0.5, 0.6) is 0 Å². The van der Waals surface area contributed by atoms with Crippen molar-refractivity contribution in [3.63, 3.8) is 0 Å². The summed E-state index contributed by atoms with van der Waals surface area (Å²) in [6.07, 6.45) is 4.93. The van der Waals surface area contributed by atoms with Crippen LogP contribution in [0.25, 0.3) is 0 Å². The van der Waals surface area contributed by atoms with E-state index < -0.39 is 0 Å². The van der Waals surface area contributed by atoms with Gasteiger partial charge in [0.15, 0.2) is 0 Å². The molecule has 0 heterocycles. The first-order chi connectivity index (χ1) is 9.69. The molecule has 0 spiro atoms. The molecule has 4 heteroatoms. The summed E-state index contributed by atoms with van der Waals surface area (Å²) in [5.41, 5.74) is 7.32. The zero-order valence-electron chi connectivity index (χ0n) is 11.8. The number of amides is 1. The van der Waals surface area contributed by atoms with Gasteiger partial charge in [0, 0.05) is 18.8 Å². The second-order valence-corrected chi connectivity index (χ2v) is 5.71. The molecule has 1 aromatic rings. The van der Waals surface area contributed by atoms with E-state index in [1.165, 1.54) is 12.8 Å². The van der Waals surface area contributed by atoms with E-state index in [-0.39, 0.29) is 12.5 Å². The number of aliphatic hydroxyl groups excluding tert-OH is 1. The van der Waals surface area contributed by atoms with Crippen LogP contribution in [0.1, 0.15) is 31.2 Å². The fourth-order valence-electron chi connectivity index (χ4n) is 2.99. The maximum Gasteiger partial charge on any atom is 0.224 e. The number of hydrogen-bond acceptors (Lipinski definition) is 3. The topological polar surface area (TPSA) is 75.4 Å². The molecule has 1 aromatic carbocycles. The first-order valence-corrected chi connectivity index (χ1v) is 7.41. The summed E-state index contributed by atoms with van der Waals surface area (Å²) in [5.74, 6) is 0.785. The predicted octanol–water partition coefficient (Wildman–Crippen LogP) is 1.73. The highest BCUT2D eigenvalue weighted by atomic mass is 16.3. The number of nitrogens with one attached hydrogen (secondary N) is 1. The molecule has 2 atom stereocenters. The Morgan fingerprint density at radius 1 is 1.30 bits per heavy atom. The van der Waals surface area contributed by atoms with Crippen LogP contribution < -0.4 is 11.1 Å². The zero-order valence-corrected chi connectivity index (χ0v) is 11.8. The van der Waals surface area contributed by atoms with Crippen molar-refractivity contribution in [2.75, 3.05) is 18.9 Å². The molecule has 0 aliphatic heterocycles. The molecular weight excluding hydrogens is 252 g/mol. The lowest BCUT2D eigenvalue weighted by Gasteiger charge is -2.30. The Labute approximate surface area is 120 Å². The third-order valence-corrected chi connectivity index (χ3v) is 4.18. The minimum atomic E-state index is 0.0258. The molecule has 20 heavy (non-hydrogen) atoms. The molecule has 2 rings (SSSR count). The van der Waals surface area contributed by atoms with Gasteiger partial charge in [-0.25, -0.2) is 0 Å². The van der Waals surface area contributed by atoms with Gasteiger partial charge in [0.05, 0.1) is 6.42 Å². The van der Waals surface area contributed by atoms with Gasteiger partial charge < -0.3 is 16.2 Å². The highest BCUT2D eigenvalue weighted by Gasteiger charge is 2.24. The van der Waals surface area contributed by atoms with Crippen LogP contribution in [-0.2, 0) is 11.2 Å². The van der Waals surface area contributed by atoms with Crippen LogP contribution in [0, 0.1) is 11.8 Å². The van der Waals surface area contributed by atoms with Gasteiger partial charge in [-0.1, -0.05) is 25.0 Å². The highest BCUT2D eigenvalue weighted by molar-refractivity contribution is 5.78. The van der Waals surface area contributed by atoms with E-state index >= 15 is 0 Å². The summed E-state index contributed by atoms with van der Waals surface area (Å²) in [6, 6.07) is 7.42. The van der Waals surface area contributed by atoms with Crippen LogP contribution in [-0.4, -0.2) is 24.2 Å². The van der Waals surface area contributed by atoms with E-state index in [4.69, 9.17) is 5.73 Å². The van der Waals surface area contributed by atoms with E-state index in [1.807, 2.05) is 24.3 Å². The Bertz CT molecular complexity index is 448. The van der Waals surface area contributed by atoms with Crippen molar-refractivity contribution in [2.24, 2.45) is 11.8 Å². The van der Waals surface area contributed by atoms with E-state index in [2.05, 4.69) is 5.32 Å². The van der Waals surface area contributed by atoms with Crippen molar-refractivity contribution in [3.05, 3.63) is 29.8 Å². The van der Waals surface area contributed by atoms with Crippen molar-refractivity contribution in [3.8, 4) is 0 Å². The number of rotatable bonds is 5. The first kappa shape index (κ1) is 14.9. The Hall–Kier alpha value is -1.55. The minimum absolute atomic E-state index is 0.0258. The summed E-state index contributed by atoms with van der Waals surface area (Å²) in [6.45, 7) is 0.905. The molecule has 1 aliphatic rings. The van der Waals surface area contributed by atoms with Crippen LogP contribution in [0.3, 0.4) is 0 Å². The summed E-state index contributed by atoms with van der Waals surface area (Å²) >= 11 is 0. The number of carbonyl (C=O) groups is 1. The molecule has 110 valence electrons. The van der Waals surface area contributed by atoms with Gasteiger partial charge in [-0.2, -0.15) is 0 Å². The van der Waals surface area contributed by atoms with Crippen molar-refractivity contribution in [2.45, 2.75) is 32.1 Å². The Kier molecular flexibility index (Phi) is 5.41. The zero-order chi connectivity index (χ0) is 14.4. The Balaban J connectivity index is 1.79. The van der Waals surface area contributed by atoms with E-state index in [9.17, 15) is 9.90 Å². The van der Waals surface area contributed by atoms with Crippen LogP contribution in [0.15, 0.2) is 24.3 Å². The van der Waals surface area contributed by atoms with E-state index in [1.54, 1.807) is 0 Å². The molecule has 0 bridgehead atoms. The molecule has 1 saturated carbocycles. The van der Waals surface area contributed by atoms with Gasteiger partial charge in [0.2, 0.25) is 5.91 Å². The molecule has 1 fully saturated rings. The van der Waals surface area contributed by atoms with Gasteiger partial charge in [-0.05, 0) is 42.4 Å². The van der Waals surface area contributed by atoms with Gasteiger partial charge >= 0.3 is 0 Å². The molecule has 0 saturated heterocycles. The third kappa shape index (κ3) is 4.23. The van der Waals surface area contributed by atoms with Crippen molar-refractivity contribution in [1.29, 1.82) is 0 Å². The monoisotopic (exact) mass is 276 g/mol. The lowest BCUT2D eigenvalue weighted by Crippen LogP contribution is -2.36. The third-order valence-electron chi connectivity index (χ3n) is 4.18. The largest absolute Gasteiger partial charge is 0.399 e. The molecule has 4 N–H and O–H groups in total. The maximum atomic E-state index is 11.9. The number of nitrogen functional groups attached to an aromatic ring is 1. The molecule has 2 unspecified atom stereocenters. The fourth-order valence-corrected chi connectivity index (χ4v) is 2.99. The number of anilines is 1. The average molecular weight is 276 g/mol. The average Bonchev–Trinajstić information content (AvgIpc) is 2.45. The number of nitrogens with two attached hydrogens (primary N) is 1. The summed E-state index contributed by atoms with van der Waals surface area (Å²) in [5, 5.41) is 12.4. The minimum Gasteiger partial charge on any atom is -0.399 e. The van der Waals surface area contributed by atoms with Crippen LogP contribution >= 0.6 is 0 Å². The predicted molar refractivity (Wildman–Crippen MR) is 80.1 cm³/mol. The summed E-state index contributed by atoms with van der Waals surface area (Å²) in [7, 11) is 0. The summed E-state index contributed by atoms with van der Waals surface area (Å²) < 4.78 is 0. The highest BCUT2D eigenvalue weighted by Crippen LogP contribution is 2.29. The lowest BCUT2D eigenvalue weighted by molar-refractivity contribution is -0.120. The number of aliphatic hydroxyl groups is 1. The Morgan fingerprint density at radius 3 is 2.75 bits per heavy atom. The smallest absolute Gasteiger partial charge is 0.224 e. The number of benzene rings is 1. The number of hydrogen-bond donors (Lipinski definition) is 3. The van der Waals surface area contributed by atoms with Gasteiger partial charge in [-0.3, -0.25) is 4.79 Å². The van der Waals surface area contributed by atoms with Gasteiger partial charge in [0.25, 0.3) is 0 Å². The molecule has 1 amide bonds. The lowest BCUT2D eigenvalue weighted by atomic mass is 9.79. The fraction of sp³-hybridized carbons (Fsp3) is 0.562. The number of carbonyl (C=O) groups excluding carboxylic acids is 1. The quantitative estimate of drug-likeness (QED) is 0.717. The SMILES string of the molecule is Nc1cccc(CC(=O)NCC2CCCCC2CO)c1. The van der Waals surface area contributed by atoms with Gasteiger partial charge in [0.1, 0.15) is 0 Å². The van der Waals surface area contributed by atoms with Crippen molar-refractivity contribution < 1.29 is 9.90 Å². The Morgan fingerprint density at radius 2 is 2.05 bits per heavy atom. The molecule has 4 nitrogen and oxygen atoms in total. The molecule has 0 aromatic heterocycles. The van der Waals surface area contributed by atoms with Gasteiger partial charge in [-0.15, -0.1) is 0 Å². The van der Waals surface area contributed by atoms with Crippen molar-refractivity contribution >= 4 is 11.6 Å². The molecular formula is C16H24N2O2. The second-order valence-electron chi connectivity index (χ2n) is 5.71. The molecule has 1 aliphatic carbocycles. The van der Waals surface area contributed by atoms with Crippen LogP contribution in [0.4, 0.5) is 5.69 Å². The normalized spacial score (nSPS) is 22.4. The van der Waals surface area contributed by atoms with Crippen molar-refractivity contribution in [1.82, 2.24) is 5.32 Å². The van der Waals surface area contributed by atoms with E-state index in [0.29, 0.717) is 30.5 Å². The first-order valence-electron chi connectivity index (χ1n) is 7.41. The molecule has 0 radical (unpaired) electrons. The van der Waals surface area contributed by atoms with E-state index in [0.717, 1.165) is 18.4 Å². The second kappa shape index (κ2) is 7.29. The maximum absolute atomic E-state index is 11.9.